The molecule has 220 valence electrons. The van der Waals surface area contributed by atoms with Gasteiger partial charge >= 0.3 is 6.09 Å². The van der Waals surface area contributed by atoms with E-state index < -0.39 is 11.6 Å². The monoisotopic (exact) mass is 573 g/mol. The lowest BCUT2D eigenvalue weighted by atomic mass is 9.69. The van der Waals surface area contributed by atoms with E-state index in [0.717, 1.165) is 58.5 Å². The molecule has 0 spiro atoms. The van der Waals surface area contributed by atoms with E-state index in [1.54, 1.807) is 6.92 Å². The normalized spacial score (nSPS) is 15.9. The van der Waals surface area contributed by atoms with Crippen molar-refractivity contribution in [1.29, 1.82) is 0 Å². The molecule has 1 atom stereocenters. The van der Waals surface area contributed by atoms with E-state index in [1.807, 2.05) is 79.0 Å². The molecule has 6 rings (SSSR count). The number of carbonyl (C=O) groups excluding carboxylic acids is 2. The summed E-state index contributed by atoms with van der Waals surface area (Å²) in [6.07, 6.45) is 7.14. The Morgan fingerprint density at radius 2 is 1.51 bits per heavy atom. The Labute approximate surface area is 252 Å². The first-order chi connectivity index (χ1) is 21.0. The van der Waals surface area contributed by atoms with Crippen LogP contribution in [0.3, 0.4) is 0 Å². The van der Waals surface area contributed by atoms with Crippen LogP contribution in [-0.4, -0.2) is 29.1 Å². The summed E-state index contributed by atoms with van der Waals surface area (Å²) in [6, 6.07) is 32.5. The summed E-state index contributed by atoms with van der Waals surface area (Å²) >= 11 is 0. The second-order valence-electron chi connectivity index (χ2n) is 12.1. The molecule has 1 unspecified atom stereocenters. The van der Waals surface area contributed by atoms with Gasteiger partial charge in [0.15, 0.2) is 0 Å². The fourth-order valence-corrected chi connectivity index (χ4v) is 6.70. The highest BCUT2D eigenvalue weighted by atomic mass is 16.5. The Morgan fingerprint density at radius 3 is 2.33 bits per heavy atom. The van der Waals surface area contributed by atoms with Gasteiger partial charge in [0.25, 0.3) is 0 Å². The lowest BCUT2D eigenvalue weighted by Crippen LogP contribution is -2.59. The van der Waals surface area contributed by atoms with Crippen molar-refractivity contribution in [2.45, 2.75) is 63.0 Å². The minimum atomic E-state index is -1.24. The summed E-state index contributed by atoms with van der Waals surface area (Å²) in [5, 5.41) is 9.40. The molecular formula is C37H39N3O3. The van der Waals surface area contributed by atoms with Gasteiger partial charge in [-0.25, -0.2) is 4.79 Å². The third kappa shape index (κ3) is 6.14. The molecular weight excluding hydrogens is 534 g/mol. The summed E-state index contributed by atoms with van der Waals surface area (Å²) in [5.74, 6) is -0.222. The number of rotatable bonds is 9. The summed E-state index contributed by atoms with van der Waals surface area (Å²) in [5.41, 5.74) is 2.76. The summed E-state index contributed by atoms with van der Waals surface area (Å²) in [6.45, 7) is 2.42. The zero-order chi connectivity index (χ0) is 29.7. The number of alkyl carbamates (subject to hydrolysis) is 1. The Hall–Kier alpha value is -4.58. The van der Waals surface area contributed by atoms with E-state index in [4.69, 9.17) is 4.74 Å². The van der Waals surface area contributed by atoms with Crippen molar-refractivity contribution in [3.63, 3.8) is 0 Å². The van der Waals surface area contributed by atoms with Crippen LogP contribution in [0.1, 0.15) is 55.7 Å². The van der Waals surface area contributed by atoms with Gasteiger partial charge in [0.05, 0.1) is 0 Å². The van der Waals surface area contributed by atoms with Crippen LogP contribution in [0.2, 0.25) is 0 Å². The van der Waals surface area contributed by atoms with Gasteiger partial charge in [0.1, 0.15) is 12.1 Å². The number of ether oxygens (including phenoxy) is 1. The maximum Gasteiger partial charge on any atom is 0.408 e. The van der Waals surface area contributed by atoms with Crippen molar-refractivity contribution in [2.24, 2.45) is 0 Å². The number of fused-ring (bicyclic) bond motifs is 2. The van der Waals surface area contributed by atoms with Gasteiger partial charge in [-0.15, -0.1) is 0 Å². The molecule has 0 radical (unpaired) electrons. The number of para-hydroxylation sites is 1. The first kappa shape index (κ1) is 28.5. The molecule has 1 saturated carbocycles. The highest BCUT2D eigenvalue weighted by molar-refractivity contribution is 5.92. The van der Waals surface area contributed by atoms with Crippen LogP contribution in [0.15, 0.2) is 103 Å². The van der Waals surface area contributed by atoms with E-state index in [0.29, 0.717) is 13.0 Å². The van der Waals surface area contributed by atoms with Crippen molar-refractivity contribution in [2.75, 3.05) is 6.54 Å². The molecule has 2 amide bonds. The third-order valence-corrected chi connectivity index (χ3v) is 9.12. The van der Waals surface area contributed by atoms with E-state index in [-0.39, 0.29) is 17.9 Å². The van der Waals surface area contributed by atoms with Crippen molar-refractivity contribution < 1.29 is 14.3 Å². The average Bonchev–Trinajstić information content (AvgIpc) is 3.45. The van der Waals surface area contributed by atoms with Gasteiger partial charge in [0, 0.05) is 35.5 Å². The van der Waals surface area contributed by atoms with E-state index in [9.17, 15) is 9.59 Å². The van der Waals surface area contributed by atoms with Crippen LogP contribution in [0.25, 0.3) is 21.7 Å². The predicted molar refractivity (Wildman–Crippen MR) is 172 cm³/mol. The Morgan fingerprint density at radius 1 is 0.814 bits per heavy atom. The first-order valence-corrected chi connectivity index (χ1v) is 15.3. The van der Waals surface area contributed by atoms with Gasteiger partial charge < -0.3 is 20.4 Å². The van der Waals surface area contributed by atoms with E-state index in [1.165, 1.54) is 12.0 Å². The van der Waals surface area contributed by atoms with Crippen LogP contribution >= 0.6 is 0 Å². The molecule has 1 aromatic heterocycles. The zero-order valence-corrected chi connectivity index (χ0v) is 24.7. The second kappa shape index (κ2) is 12.3. The van der Waals surface area contributed by atoms with Crippen molar-refractivity contribution in [1.82, 2.24) is 15.6 Å². The minimum absolute atomic E-state index is 0.106. The average molecular weight is 574 g/mol. The van der Waals surface area contributed by atoms with Crippen LogP contribution < -0.4 is 10.6 Å². The topological polar surface area (TPSA) is 83.2 Å². The van der Waals surface area contributed by atoms with Crippen LogP contribution in [0, 0.1) is 0 Å². The SMILES string of the molecule is CC(Cc1c[nH]c2ccccc12)(NC(=O)OCc1cccc2ccccc12)C(=O)NCC1(c2ccccc2)CCCCC1. The summed E-state index contributed by atoms with van der Waals surface area (Å²) in [7, 11) is 0. The van der Waals surface area contributed by atoms with Crippen LogP contribution in [0.5, 0.6) is 0 Å². The molecule has 5 aromatic rings. The number of aromatic amines is 1. The van der Waals surface area contributed by atoms with E-state index >= 15 is 0 Å². The highest BCUT2D eigenvalue weighted by Crippen LogP contribution is 2.39. The number of benzene rings is 4. The third-order valence-electron chi connectivity index (χ3n) is 9.12. The van der Waals surface area contributed by atoms with Gasteiger partial charge in [0.2, 0.25) is 5.91 Å². The number of carbonyl (C=O) groups is 2. The molecule has 6 nitrogen and oxygen atoms in total. The fourth-order valence-electron chi connectivity index (χ4n) is 6.70. The smallest absolute Gasteiger partial charge is 0.408 e. The first-order valence-electron chi connectivity index (χ1n) is 15.3. The van der Waals surface area contributed by atoms with Gasteiger partial charge in [-0.1, -0.05) is 110 Å². The number of nitrogens with one attached hydrogen (secondary N) is 3. The fraction of sp³-hybridized carbons (Fsp3) is 0.297. The Balaban J connectivity index is 1.23. The summed E-state index contributed by atoms with van der Waals surface area (Å²) < 4.78 is 5.73. The molecule has 0 aliphatic heterocycles. The molecule has 1 heterocycles. The molecule has 1 aliphatic carbocycles. The number of aromatic nitrogens is 1. The van der Waals surface area contributed by atoms with Crippen molar-refractivity contribution >= 4 is 33.7 Å². The molecule has 4 aromatic carbocycles. The minimum Gasteiger partial charge on any atom is -0.445 e. The molecule has 43 heavy (non-hydrogen) atoms. The van der Waals surface area contributed by atoms with Crippen LogP contribution in [-0.2, 0) is 28.0 Å². The Kier molecular flexibility index (Phi) is 8.19. The molecule has 6 heteroatoms. The van der Waals surface area contributed by atoms with Gasteiger partial charge in [-0.2, -0.15) is 0 Å². The number of H-pyrrole nitrogens is 1. The molecule has 0 saturated heterocycles. The maximum absolute atomic E-state index is 14.1. The standard InChI is InChI=1S/C37H39N3O3/c1-36(23-29-24-38-33-20-9-8-19-32(29)33,40-35(42)43-25-28-15-12-14-27-13-6-7-18-31(27)28)34(41)39-26-37(21-10-3-11-22-37)30-16-4-2-5-17-30/h2,4-9,12-20,24,38H,3,10-11,21-23,25-26H2,1H3,(H,39,41)(H,40,42). The number of hydrogen-bond donors (Lipinski definition) is 3. The van der Waals surface area contributed by atoms with Crippen LogP contribution in [0.4, 0.5) is 4.79 Å². The van der Waals surface area contributed by atoms with Crippen molar-refractivity contribution in [3.8, 4) is 0 Å². The number of amides is 2. The highest BCUT2D eigenvalue weighted by Gasteiger charge is 2.40. The quantitative estimate of drug-likeness (QED) is 0.170. The van der Waals surface area contributed by atoms with E-state index in [2.05, 4.69) is 39.9 Å². The number of hydrogen-bond acceptors (Lipinski definition) is 3. The Bertz CT molecular complexity index is 1720. The molecule has 1 aliphatic rings. The molecule has 3 N–H and O–H groups in total. The predicted octanol–water partition coefficient (Wildman–Crippen LogP) is 7.57. The van der Waals surface area contributed by atoms with Gasteiger partial charge in [-0.3, -0.25) is 4.79 Å². The lowest BCUT2D eigenvalue weighted by Gasteiger charge is -2.39. The second-order valence-corrected chi connectivity index (χ2v) is 12.1. The lowest BCUT2D eigenvalue weighted by molar-refractivity contribution is -0.127. The van der Waals surface area contributed by atoms with Crippen molar-refractivity contribution in [3.05, 3.63) is 120 Å². The molecule has 0 bridgehead atoms. The summed E-state index contributed by atoms with van der Waals surface area (Å²) in [4.78, 5) is 30.8. The maximum atomic E-state index is 14.1. The largest absolute Gasteiger partial charge is 0.445 e. The van der Waals surface area contributed by atoms with Gasteiger partial charge in [-0.05, 0) is 53.3 Å². The zero-order valence-electron chi connectivity index (χ0n) is 24.7. The molecule has 1 fully saturated rings.